The van der Waals surface area contributed by atoms with Gasteiger partial charge in [-0.15, -0.1) is 0 Å². The molecule has 5 heteroatoms. The maximum atomic E-state index is 11.0. The second-order valence-electron chi connectivity index (χ2n) is 4.03. The number of aromatic nitrogens is 2. The van der Waals surface area contributed by atoms with E-state index in [4.69, 9.17) is 9.84 Å². The zero-order valence-electron chi connectivity index (χ0n) is 10.5. The highest BCUT2D eigenvalue weighted by atomic mass is 16.5. The van der Waals surface area contributed by atoms with E-state index in [0.717, 1.165) is 11.1 Å². The van der Waals surface area contributed by atoms with Crippen LogP contribution in [0.1, 0.15) is 16.1 Å². The van der Waals surface area contributed by atoms with E-state index in [1.807, 2.05) is 25.1 Å². The fraction of sp³-hybridized carbons (Fsp3) is 0.231. The van der Waals surface area contributed by atoms with Crippen LogP contribution in [0.25, 0.3) is 11.4 Å². The largest absolute Gasteiger partial charge is 0.496 e. The summed E-state index contributed by atoms with van der Waals surface area (Å²) in [5.41, 5.74) is 1.99. The topological polar surface area (TPSA) is 64.3 Å². The number of methoxy groups -OCH3 is 1. The van der Waals surface area contributed by atoms with Crippen LogP contribution in [0.15, 0.2) is 24.4 Å². The third-order valence-corrected chi connectivity index (χ3v) is 2.80. The fourth-order valence-corrected chi connectivity index (χ4v) is 1.86. The minimum Gasteiger partial charge on any atom is -0.496 e. The van der Waals surface area contributed by atoms with Gasteiger partial charge in [0.05, 0.1) is 18.9 Å². The number of nitrogens with zero attached hydrogens (tertiary/aromatic N) is 2. The summed E-state index contributed by atoms with van der Waals surface area (Å²) >= 11 is 0. The summed E-state index contributed by atoms with van der Waals surface area (Å²) in [4.78, 5) is 15.2. The van der Waals surface area contributed by atoms with Crippen molar-refractivity contribution in [1.82, 2.24) is 9.55 Å². The molecule has 0 aliphatic heterocycles. The number of carboxylic acid groups (broad SMARTS) is 1. The summed E-state index contributed by atoms with van der Waals surface area (Å²) in [7, 11) is 3.25. The zero-order chi connectivity index (χ0) is 13.3. The Kier molecular flexibility index (Phi) is 3.06. The molecule has 0 spiro atoms. The maximum Gasteiger partial charge on any atom is 0.354 e. The smallest absolute Gasteiger partial charge is 0.354 e. The number of carbonyl (C=O) groups is 1. The first-order chi connectivity index (χ1) is 8.54. The lowest BCUT2D eigenvalue weighted by molar-refractivity contribution is 0.0686. The van der Waals surface area contributed by atoms with Gasteiger partial charge in [0, 0.05) is 7.05 Å². The molecule has 1 heterocycles. The molecule has 0 bridgehead atoms. The van der Waals surface area contributed by atoms with Crippen LogP contribution in [-0.2, 0) is 7.05 Å². The highest BCUT2D eigenvalue weighted by Gasteiger charge is 2.16. The molecule has 1 N–H and O–H groups in total. The van der Waals surface area contributed by atoms with Crippen molar-refractivity contribution < 1.29 is 14.6 Å². The van der Waals surface area contributed by atoms with Crippen molar-refractivity contribution in [1.29, 1.82) is 0 Å². The molecule has 5 nitrogen and oxygen atoms in total. The van der Waals surface area contributed by atoms with Gasteiger partial charge in [0.1, 0.15) is 17.3 Å². The van der Waals surface area contributed by atoms with Crippen LogP contribution >= 0.6 is 0 Å². The lowest BCUT2D eigenvalue weighted by atomic mass is 10.1. The minimum atomic E-state index is -0.997. The molecular formula is C13H14N2O3. The SMILES string of the molecule is COc1ccc(C)cc1-c1ncc(C(=O)O)n1C. The number of aromatic carboxylic acids is 1. The number of aryl methyl sites for hydroxylation is 1. The molecule has 0 aliphatic rings. The van der Waals surface area contributed by atoms with Gasteiger partial charge < -0.3 is 14.4 Å². The number of benzene rings is 1. The molecule has 0 unspecified atom stereocenters. The van der Waals surface area contributed by atoms with Gasteiger partial charge >= 0.3 is 5.97 Å². The van der Waals surface area contributed by atoms with Gasteiger partial charge in [0.15, 0.2) is 0 Å². The van der Waals surface area contributed by atoms with Gasteiger partial charge in [-0.3, -0.25) is 0 Å². The molecule has 0 radical (unpaired) electrons. The third kappa shape index (κ3) is 1.95. The normalized spacial score (nSPS) is 10.4. The van der Waals surface area contributed by atoms with Gasteiger partial charge in [-0.2, -0.15) is 0 Å². The highest BCUT2D eigenvalue weighted by molar-refractivity contribution is 5.86. The van der Waals surface area contributed by atoms with Crippen molar-refractivity contribution in [2.24, 2.45) is 7.05 Å². The van der Waals surface area contributed by atoms with Gasteiger partial charge in [-0.05, 0) is 19.1 Å². The summed E-state index contributed by atoms with van der Waals surface area (Å²) in [6.45, 7) is 1.96. The highest BCUT2D eigenvalue weighted by Crippen LogP contribution is 2.30. The Bertz CT molecular complexity index is 602. The second kappa shape index (κ2) is 4.52. The molecular weight excluding hydrogens is 232 g/mol. The number of carboxylic acids is 1. The number of imidazole rings is 1. The molecule has 18 heavy (non-hydrogen) atoms. The Hall–Kier alpha value is -2.30. The molecule has 1 aromatic heterocycles. The van der Waals surface area contributed by atoms with Gasteiger partial charge in [0.2, 0.25) is 0 Å². The van der Waals surface area contributed by atoms with E-state index in [9.17, 15) is 4.79 Å². The number of hydrogen-bond donors (Lipinski definition) is 1. The summed E-state index contributed by atoms with van der Waals surface area (Å²) in [6.07, 6.45) is 1.35. The monoisotopic (exact) mass is 246 g/mol. The average molecular weight is 246 g/mol. The Balaban J connectivity index is 2.61. The average Bonchev–Trinajstić information content (AvgIpc) is 2.71. The van der Waals surface area contributed by atoms with Gasteiger partial charge in [-0.25, -0.2) is 9.78 Å². The molecule has 0 saturated carbocycles. The van der Waals surface area contributed by atoms with Crippen LogP contribution in [0.4, 0.5) is 0 Å². The number of hydrogen-bond acceptors (Lipinski definition) is 3. The minimum absolute atomic E-state index is 0.147. The van der Waals surface area contributed by atoms with E-state index < -0.39 is 5.97 Å². The van der Waals surface area contributed by atoms with Gasteiger partial charge in [-0.1, -0.05) is 11.6 Å². The Morgan fingerprint density at radius 2 is 2.17 bits per heavy atom. The first-order valence-corrected chi connectivity index (χ1v) is 5.44. The van der Waals surface area contributed by atoms with Crippen LogP contribution < -0.4 is 4.74 Å². The van der Waals surface area contributed by atoms with Crippen molar-refractivity contribution in [3.05, 3.63) is 35.7 Å². The van der Waals surface area contributed by atoms with Crippen LogP contribution in [0, 0.1) is 6.92 Å². The lowest BCUT2D eigenvalue weighted by Crippen LogP contribution is -2.05. The quantitative estimate of drug-likeness (QED) is 0.900. The molecule has 2 aromatic rings. The molecule has 94 valence electrons. The van der Waals surface area contributed by atoms with Crippen molar-refractivity contribution in [2.75, 3.05) is 7.11 Å². The fourth-order valence-electron chi connectivity index (χ4n) is 1.86. The van der Waals surface area contributed by atoms with E-state index in [-0.39, 0.29) is 5.69 Å². The van der Waals surface area contributed by atoms with Crippen LogP contribution in [0.3, 0.4) is 0 Å². The van der Waals surface area contributed by atoms with E-state index in [1.165, 1.54) is 6.20 Å². The van der Waals surface area contributed by atoms with E-state index in [0.29, 0.717) is 11.6 Å². The molecule has 2 rings (SSSR count). The predicted octanol–water partition coefficient (Wildman–Crippen LogP) is 2.10. The van der Waals surface area contributed by atoms with Crippen molar-refractivity contribution in [2.45, 2.75) is 6.92 Å². The van der Waals surface area contributed by atoms with E-state index in [2.05, 4.69) is 4.98 Å². The molecule has 0 atom stereocenters. The summed E-state index contributed by atoms with van der Waals surface area (Å²) in [5.74, 6) is 0.252. The Morgan fingerprint density at radius 3 is 2.72 bits per heavy atom. The Labute approximate surface area is 105 Å². The van der Waals surface area contributed by atoms with E-state index >= 15 is 0 Å². The predicted molar refractivity (Wildman–Crippen MR) is 66.9 cm³/mol. The Morgan fingerprint density at radius 1 is 1.44 bits per heavy atom. The van der Waals surface area contributed by atoms with Crippen molar-refractivity contribution in [3.63, 3.8) is 0 Å². The molecule has 0 amide bonds. The molecule has 0 saturated heterocycles. The van der Waals surface area contributed by atoms with Crippen molar-refractivity contribution >= 4 is 5.97 Å². The summed E-state index contributed by atoms with van der Waals surface area (Å²) in [6, 6.07) is 5.70. The number of rotatable bonds is 3. The van der Waals surface area contributed by atoms with Crippen molar-refractivity contribution in [3.8, 4) is 17.1 Å². The van der Waals surface area contributed by atoms with Gasteiger partial charge in [0.25, 0.3) is 0 Å². The first kappa shape index (κ1) is 12.2. The molecule has 0 fully saturated rings. The molecule has 0 aliphatic carbocycles. The molecule has 1 aromatic carbocycles. The van der Waals surface area contributed by atoms with Crippen LogP contribution in [0.5, 0.6) is 5.75 Å². The van der Waals surface area contributed by atoms with Crippen LogP contribution in [-0.4, -0.2) is 27.7 Å². The summed E-state index contributed by atoms with van der Waals surface area (Å²) < 4.78 is 6.82. The van der Waals surface area contributed by atoms with E-state index in [1.54, 1.807) is 18.7 Å². The third-order valence-electron chi connectivity index (χ3n) is 2.80. The lowest BCUT2D eigenvalue weighted by Gasteiger charge is -2.09. The number of ether oxygens (including phenoxy) is 1. The van der Waals surface area contributed by atoms with Crippen LogP contribution in [0.2, 0.25) is 0 Å². The summed E-state index contributed by atoms with van der Waals surface area (Å²) in [5, 5.41) is 9.01. The second-order valence-corrected chi connectivity index (χ2v) is 4.03. The standard InChI is InChI=1S/C13H14N2O3/c1-8-4-5-11(18-3)9(6-8)12-14-7-10(13(16)17)15(12)2/h4-7H,1-3H3,(H,16,17). The first-order valence-electron chi connectivity index (χ1n) is 5.44. The zero-order valence-corrected chi connectivity index (χ0v) is 10.5. The maximum absolute atomic E-state index is 11.0.